The van der Waals surface area contributed by atoms with Gasteiger partial charge in [0.05, 0.1) is 4.16 Å². The number of alkyl halides is 1. The summed E-state index contributed by atoms with van der Waals surface area (Å²) in [4.78, 5) is 0. The van der Waals surface area contributed by atoms with Gasteiger partial charge in [-0.3, -0.25) is 0 Å². The van der Waals surface area contributed by atoms with Gasteiger partial charge in [-0.2, -0.15) is 0 Å². The predicted molar refractivity (Wildman–Crippen MR) is 41.9 cm³/mol. The molecule has 0 radical (unpaired) electrons. The van der Waals surface area contributed by atoms with Gasteiger partial charge in [0.15, 0.2) is 0 Å². The zero-order chi connectivity index (χ0) is 5.28. The molecule has 0 saturated carbocycles. The van der Waals surface area contributed by atoms with Crippen molar-refractivity contribution in [3.05, 3.63) is 9.89 Å². The lowest BCUT2D eigenvalue weighted by atomic mass is 10.5. The van der Waals surface area contributed by atoms with Crippen LogP contribution in [-0.4, -0.2) is 4.16 Å². The third-order valence-corrected chi connectivity index (χ3v) is 3.36. The predicted octanol–water partition coefficient (Wildman–Crippen LogP) is 3.08. The molecule has 40 valence electrons. The molecule has 3 heteroatoms. The topological polar surface area (TPSA) is 0 Å². The minimum atomic E-state index is 0.613. The highest BCUT2D eigenvalue weighted by Gasteiger charge is 2.10. The molecule has 1 aliphatic heterocycles. The Morgan fingerprint density at radius 2 is 2.57 bits per heavy atom. The van der Waals surface area contributed by atoms with Crippen LogP contribution < -0.4 is 0 Å². The highest BCUT2D eigenvalue weighted by atomic mass is 79.9. The van der Waals surface area contributed by atoms with Crippen LogP contribution in [-0.2, 0) is 0 Å². The van der Waals surface area contributed by atoms with Crippen LogP contribution in [0.15, 0.2) is 9.89 Å². The Morgan fingerprint density at radius 1 is 1.86 bits per heavy atom. The van der Waals surface area contributed by atoms with Crippen molar-refractivity contribution < 1.29 is 0 Å². The molecule has 0 bridgehead atoms. The molecule has 1 unspecified atom stereocenters. The van der Waals surface area contributed by atoms with E-state index in [-0.39, 0.29) is 0 Å². The highest BCUT2D eigenvalue weighted by molar-refractivity contribution is 9.15. The smallest absolute Gasteiger partial charge is 0.0687 e. The fraction of sp³-hybridized carbons (Fsp3) is 0.500. The monoisotopic (exact) mass is 242 g/mol. The fourth-order valence-corrected chi connectivity index (χ4v) is 3.44. The molecule has 0 N–H and O–H groups in total. The Bertz CT molecular complexity index is 99.9. The van der Waals surface area contributed by atoms with Crippen LogP contribution in [0.3, 0.4) is 0 Å². The molecule has 0 nitrogen and oxygen atoms in total. The number of thioether (sulfide) groups is 1. The van der Waals surface area contributed by atoms with E-state index >= 15 is 0 Å². The zero-order valence-corrected chi connectivity index (χ0v) is 7.51. The lowest BCUT2D eigenvalue weighted by Gasteiger charge is -1.91. The Kier molecular flexibility index (Phi) is 2.25. The van der Waals surface area contributed by atoms with E-state index in [9.17, 15) is 0 Å². The Balaban J connectivity index is 2.42. The van der Waals surface area contributed by atoms with E-state index in [1.165, 1.54) is 3.81 Å². The van der Waals surface area contributed by atoms with Crippen molar-refractivity contribution in [3.8, 4) is 0 Å². The average molecular weight is 244 g/mol. The van der Waals surface area contributed by atoms with Gasteiger partial charge in [0.1, 0.15) is 0 Å². The Hall–Kier alpha value is 1.05. The summed E-state index contributed by atoms with van der Waals surface area (Å²) < 4.78 is 1.87. The summed E-state index contributed by atoms with van der Waals surface area (Å²) in [5.74, 6) is 0. The molecule has 0 aromatic carbocycles. The lowest BCUT2D eigenvalue weighted by Crippen LogP contribution is -1.76. The fourth-order valence-electron chi connectivity index (χ4n) is 0.404. The molecule has 0 aromatic rings. The van der Waals surface area contributed by atoms with Gasteiger partial charge >= 0.3 is 0 Å². The summed E-state index contributed by atoms with van der Waals surface area (Å²) in [6, 6.07) is 0. The van der Waals surface area contributed by atoms with Crippen LogP contribution in [0.1, 0.15) is 6.42 Å². The number of hydrogen-bond donors (Lipinski definition) is 0. The summed E-state index contributed by atoms with van der Waals surface area (Å²) >= 11 is 8.65. The quantitative estimate of drug-likeness (QED) is 0.590. The zero-order valence-electron chi connectivity index (χ0n) is 3.53. The van der Waals surface area contributed by atoms with Crippen molar-refractivity contribution in [3.63, 3.8) is 0 Å². The van der Waals surface area contributed by atoms with E-state index in [0.29, 0.717) is 4.16 Å². The summed E-state index contributed by atoms with van der Waals surface area (Å²) in [6.45, 7) is 0. The molecule has 0 saturated heterocycles. The maximum Gasteiger partial charge on any atom is 0.0687 e. The van der Waals surface area contributed by atoms with Gasteiger partial charge in [-0.15, -0.1) is 11.8 Å². The molecule has 0 aliphatic carbocycles. The van der Waals surface area contributed by atoms with Crippen LogP contribution >= 0.6 is 43.6 Å². The third kappa shape index (κ3) is 1.78. The Morgan fingerprint density at radius 3 is 2.71 bits per heavy atom. The first-order valence-electron chi connectivity index (χ1n) is 1.95. The molecule has 1 atom stereocenters. The molecule has 1 rings (SSSR count). The number of halogens is 2. The van der Waals surface area contributed by atoms with Crippen LogP contribution in [0.25, 0.3) is 0 Å². The van der Waals surface area contributed by atoms with E-state index in [1.807, 2.05) is 11.8 Å². The standard InChI is InChI=1S/C4H4Br2S/c5-3-1-2-4(6)7-3/h1,4H,2H2. The molecule has 0 amide bonds. The molecule has 0 fully saturated rings. The summed E-state index contributed by atoms with van der Waals surface area (Å²) in [6.07, 6.45) is 3.31. The normalized spacial score (nSPS) is 30.6. The van der Waals surface area contributed by atoms with Crippen molar-refractivity contribution in [1.82, 2.24) is 0 Å². The molecule has 7 heavy (non-hydrogen) atoms. The van der Waals surface area contributed by atoms with Gasteiger partial charge in [0.2, 0.25) is 0 Å². The molecular weight excluding hydrogens is 240 g/mol. The van der Waals surface area contributed by atoms with Crippen LogP contribution in [0.4, 0.5) is 0 Å². The van der Waals surface area contributed by atoms with E-state index in [4.69, 9.17) is 0 Å². The first-order chi connectivity index (χ1) is 3.29. The van der Waals surface area contributed by atoms with Crippen LogP contribution in [0.2, 0.25) is 0 Å². The summed E-state index contributed by atoms with van der Waals surface area (Å²) in [5.41, 5.74) is 0. The maximum absolute atomic E-state index is 3.46. The average Bonchev–Trinajstić information content (AvgIpc) is 1.87. The van der Waals surface area contributed by atoms with E-state index in [0.717, 1.165) is 6.42 Å². The second kappa shape index (κ2) is 2.55. The van der Waals surface area contributed by atoms with Gasteiger partial charge in [0.25, 0.3) is 0 Å². The summed E-state index contributed by atoms with van der Waals surface area (Å²) in [7, 11) is 0. The number of allylic oxidation sites excluding steroid dienone is 1. The highest BCUT2D eigenvalue weighted by Crippen LogP contribution is 2.38. The van der Waals surface area contributed by atoms with E-state index in [1.54, 1.807) is 0 Å². The first kappa shape index (κ1) is 6.17. The second-order valence-electron chi connectivity index (χ2n) is 1.27. The van der Waals surface area contributed by atoms with Gasteiger partial charge in [-0.25, -0.2) is 0 Å². The first-order valence-corrected chi connectivity index (χ1v) is 4.54. The largest absolute Gasteiger partial charge is 0.104 e. The minimum absolute atomic E-state index is 0.613. The van der Waals surface area contributed by atoms with Crippen molar-refractivity contribution >= 4 is 43.6 Å². The molecule has 1 aliphatic rings. The number of hydrogen-bond acceptors (Lipinski definition) is 1. The minimum Gasteiger partial charge on any atom is -0.104 e. The van der Waals surface area contributed by atoms with Crippen molar-refractivity contribution in [2.24, 2.45) is 0 Å². The van der Waals surface area contributed by atoms with Gasteiger partial charge in [-0.05, 0) is 22.4 Å². The maximum atomic E-state index is 3.46. The number of rotatable bonds is 0. The SMILES string of the molecule is BrC1=CCC(Br)S1. The lowest BCUT2D eigenvalue weighted by molar-refractivity contribution is 1.23. The van der Waals surface area contributed by atoms with Crippen molar-refractivity contribution in [2.45, 2.75) is 10.6 Å². The van der Waals surface area contributed by atoms with Gasteiger partial charge in [-0.1, -0.05) is 22.0 Å². The van der Waals surface area contributed by atoms with Crippen LogP contribution in [0, 0.1) is 0 Å². The van der Waals surface area contributed by atoms with E-state index < -0.39 is 0 Å². The van der Waals surface area contributed by atoms with Crippen molar-refractivity contribution in [1.29, 1.82) is 0 Å². The van der Waals surface area contributed by atoms with E-state index in [2.05, 4.69) is 37.9 Å². The Labute approximate surface area is 64.0 Å². The third-order valence-electron chi connectivity index (χ3n) is 0.704. The van der Waals surface area contributed by atoms with Gasteiger partial charge in [0, 0.05) is 3.81 Å². The van der Waals surface area contributed by atoms with Crippen molar-refractivity contribution in [2.75, 3.05) is 0 Å². The molecule has 1 heterocycles. The molecule has 0 aromatic heterocycles. The second-order valence-corrected chi connectivity index (χ2v) is 5.61. The van der Waals surface area contributed by atoms with Gasteiger partial charge < -0.3 is 0 Å². The van der Waals surface area contributed by atoms with Crippen LogP contribution in [0.5, 0.6) is 0 Å². The molecule has 0 spiro atoms. The molecular formula is C4H4Br2S. The summed E-state index contributed by atoms with van der Waals surface area (Å²) in [5, 5.41) is 0.